The third-order valence-electron chi connectivity index (χ3n) is 4.24. The maximum atomic E-state index is 13.5. The van der Waals surface area contributed by atoms with E-state index < -0.39 is 23.6 Å². The zero-order valence-corrected chi connectivity index (χ0v) is 12.8. The Labute approximate surface area is 139 Å². The van der Waals surface area contributed by atoms with Crippen molar-refractivity contribution in [2.45, 2.75) is 23.6 Å². The van der Waals surface area contributed by atoms with Gasteiger partial charge in [0.05, 0.1) is 7.11 Å². The minimum absolute atomic E-state index is 0.227. The van der Waals surface area contributed by atoms with Crippen LogP contribution < -0.4 is 4.74 Å². The average molecular weight is 362 g/mol. The molecule has 3 rings (SSSR count). The van der Waals surface area contributed by atoms with Gasteiger partial charge < -0.3 is 9.47 Å². The Morgan fingerprint density at radius 3 is 1.64 bits per heavy atom. The van der Waals surface area contributed by atoms with E-state index in [1.807, 2.05) is 0 Å². The Balaban J connectivity index is 2.26. The Morgan fingerprint density at radius 2 is 1.24 bits per heavy atom. The summed E-state index contributed by atoms with van der Waals surface area (Å²) in [7, 11) is 1.34. The number of rotatable bonds is 3. The lowest BCUT2D eigenvalue weighted by Crippen LogP contribution is -2.51. The first-order valence-electron chi connectivity index (χ1n) is 7.14. The molecular weight excluding hydrogens is 350 g/mol. The Hall–Kier alpha value is -2.22. The minimum Gasteiger partial charge on any atom is -0.497 e. The van der Waals surface area contributed by atoms with Gasteiger partial charge in [-0.15, -0.1) is 0 Å². The summed E-state index contributed by atoms with van der Waals surface area (Å²) in [6.07, 6.45) is -11.3. The topological polar surface area (TPSA) is 21.8 Å². The summed E-state index contributed by atoms with van der Waals surface area (Å²) in [5.41, 5.74) is -7.48. The molecule has 0 aromatic heterocycles. The van der Waals surface area contributed by atoms with Gasteiger partial charge >= 0.3 is 12.4 Å². The number of alkyl halides is 6. The summed E-state index contributed by atoms with van der Waals surface area (Å²) in [6.45, 7) is 0. The first kappa shape index (κ1) is 17.6. The molecule has 1 aliphatic rings. The fourth-order valence-corrected chi connectivity index (χ4v) is 3.07. The van der Waals surface area contributed by atoms with Gasteiger partial charge in [-0.3, -0.25) is 0 Å². The van der Waals surface area contributed by atoms with E-state index in [4.69, 9.17) is 4.74 Å². The van der Waals surface area contributed by atoms with Crippen LogP contribution in [0, 0.1) is 0 Å². The molecule has 25 heavy (non-hydrogen) atoms. The van der Waals surface area contributed by atoms with Crippen LogP contribution in [0.1, 0.15) is 11.1 Å². The van der Waals surface area contributed by atoms with Crippen molar-refractivity contribution in [2.24, 2.45) is 0 Å². The van der Waals surface area contributed by atoms with Gasteiger partial charge in [0.25, 0.3) is 5.60 Å². The molecule has 0 saturated carbocycles. The second kappa shape index (κ2) is 5.39. The van der Waals surface area contributed by atoms with Crippen LogP contribution in [0.3, 0.4) is 0 Å². The van der Waals surface area contributed by atoms with Crippen molar-refractivity contribution in [2.75, 3.05) is 7.11 Å². The van der Waals surface area contributed by atoms with Crippen molar-refractivity contribution >= 4 is 0 Å². The molecule has 1 atom stereocenters. The second-order valence-electron chi connectivity index (χ2n) is 5.55. The molecule has 1 fully saturated rings. The van der Waals surface area contributed by atoms with Crippen LogP contribution in [0.4, 0.5) is 26.3 Å². The molecule has 134 valence electrons. The smallest absolute Gasteiger partial charge is 0.430 e. The number of ether oxygens (including phenoxy) is 2. The first-order chi connectivity index (χ1) is 11.6. The number of hydrogen-bond donors (Lipinski definition) is 0. The van der Waals surface area contributed by atoms with Gasteiger partial charge in [-0.05, 0) is 23.3 Å². The molecule has 2 nitrogen and oxygen atoms in total. The monoisotopic (exact) mass is 362 g/mol. The highest BCUT2D eigenvalue weighted by atomic mass is 19.4. The maximum Gasteiger partial charge on any atom is 0.430 e. The molecule has 2 aromatic carbocycles. The van der Waals surface area contributed by atoms with E-state index in [-0.39, 0.29) is 11.1 Å². The highest BCUT2D eigenvalue weighted by Crippen LogP contribution is 2.72. The molecule has 1 aliphatic heterocycles. The molecular formula is C17H12F6O2. The van der Waals surface area contributed by atoms with Crippen molar-refractivity contribution in [3.05, 3.63) is 65.7 Å². The molecule has 1 heterocycles. The number of methoxy groups -OCH3 is 1. The fourth-order valence-electron chi connectivity index (χ4n) is 3.07. The second-order valence-corrected chi connectivity index (χ2v) is 5.55. The molecule has 1 unspecified atom stereocenters. The Bertz CT molecular complexity index is 737. The van der Waals surface area contributed by atoms with Gasteiger partial charge in [0, 0.05) is 0 Å². The summed E-state index contributed by atoms with van der Waals surface area (Å²) < 4.78 is 90.7. The van der Waals surface area contributed by atoms with Crippen molar-refractivity contribution < 1.29 is 35.8 Å². The molecule has 0 amide bonds. The lowest BCUT2D eigenvalue weighted by molar-refractivity contribution is -0.293. The summed E-state index contributed by atoms with van der Waals surface area (Å²) in [4.78, 5) is 0. The predicted molar refractivity (Wildman–Crippen MR) is 76.1 cm³/mol. The van der Waals surface area contributed by atoms with Gasteiger partial charge in [-0.2, -0.15) is 26.3 Å². The van der Waals surface area contributed by atoms with E-state index in [0.29, 0.717) is 5.75 Å². The van der Waals surface area contributed by atoms with Gasteiger partial charge in [-0.1, -0.05) is 42.5 Å². The SMILES string of the molecule is COc1ccc(C2(c3ccccc3)OC2(C(F)(F)F)C(F)(F)F)cc1. The van der Waals surface area contributed by atoms with Crippen molar-refractivity contribution in [1.82, 2.24) is 0 Å². The normalized spacial score (nSPS) is 22.5. The molecule has 0 aliphatic carbocycles. The van der Waals surface area contributed by atoms with Gasteiger partial charge in [0.1, 0.15) is 5.75 Å². The standard InChI is InChI=1S/C17H12F6O2/c1-24-13-9-7-12(8-10-13)14(11-5-3-2-4-6-11)15(25-14,16(18,19)20)17(21,22)23/h2-10H,1H3. The zero-order chi connectivity index (χ0) is 18.5. The molecule has 0 radical (unpaired) electrons. The summed E-state index contributed by atoms with van der Waals surface area (Å²) in [5, 5.41) is 0. The van der Waals surface area contributed by atoms with Gasteiger partial charge in [0.2, 0.25) is 0 Å². The third-order valence-corrected chi connectivity index (χ3v) is 4.24. The highest BCUT2D eigenvalue weighted by Gasteiger charge is 2.94. The number of halogens is 6. The largest absolute Gasteiger partial charge is 0.497 e. The molecule has 8 heteroatoms. The van der Waals surface area contributed by atoms with E-state index in [0.717, 1.165) is 12.1 Å². The summed E-state index contributed by atoms with van der Waals surface area (Å²) in [6, 6.07) is 11.5. The quantitative estimate of drug-likeness (QED) is 0.576. The fraction of sp³-hybridized carbons (Fsp3) is 0.294. The molecule has 2 aromatic rings. The average Bonchev–Trinajstić information content (AvgIpc) is 3.29. The van der Waals surface area contributed by atoms with E-state index in [9.17, 15) is 26.3 Å². The van der Waals surface area contributed by atoms with Crippen LogP contribution in [-0.4, -0.2) is 25.1 Å². The maximum absolute atomic E-state index is 13.5. The van der Waals surface area contributed by atoms with Gasteiger partial charge in [0.15, 0.2) is 5.60 Å². The molecule has 0 N–H and O–H groups in total. The van der Waals surface area contributed by atoms with E-state index >= 15 is 0 Å². The zero-order valence-electron chi connectivity index (χ0n) is 12.8. The molecule has 0 spiro atoms. The number of epoxide rings is 1. The third kappa shape index (κ3) is 2.31. The lowest BCUT2D eigenvalue weighted by Gasteiger charge is -2.25. The van der Waals surface area contributed by atoms with Crippen LogP contribution >= 0.6 is 0 Å². The van der Waals surface area contributed by atoms with Crippen LogP contribution in [0.25, 0.3) is 0 Å². The first-order valence-corrected chi connectivity index (χ1v) is 7.14. The van der Waals surface area contributed by atoms with E-state index in [1.54, 1.807) is 0 Å². The summed E-state index contributed by atoms with van der Waals surface area (Å²) in [5.74, 6) is 0.303. The Morgan fingerprint density at radius 1 is 0.760 bits per heavy atom. The lowest BCUT2D eigenvalue weighted by atomic mass is 9.79. The highest BCUT2D eigenvalue weighted by molar-refractivity contribution is 5.50. The number of benzene rings is 2. The van der Waals surface area contributed by atoms with Crippen molar-refractivity contribution in [3.63, 3.8) is 0 Å². The predicted octanol–water partition coefficient (Wildman–Crippen LogP) is 4.83. The molecule has 1 saturated heterocycles. The van der Waals surface area contributed by atoms with Gasteiger partial charge in [-0.25, -0.2) is 0 Å². The Kier molecular flexibility index (Phi) is 3.79. The van der Waals surface area contributed by atoms with Crippen molar-refractivity contribution in [3.8, 4) is 5.75 Å². The van der Waals surface area contributed by atoms with Crippen LogP contribution in [-0.2, 0) is 10.3 Å². The van der Waals surface area contributed by atoms with Crippen LogP contribution in [0.5, 0.6) is 5.75 Å². The van der Waals surface area contributed by atoms with E-state index in [2.05, 4.69) is 4.74 Å². The summed E-state index contributed by atoms with van der Waals surface area (Å²) >= 11 is 0. The minimum atomic E-state index is -5.65. The van der Waals surface area contributed by atoms with Crippen LogP contribution in [0.2, 0.25) is 0 Å². The van der Waals surface area contributed by atoms with E-state index in [1.165, 1.54) is 49.6 Å². The van der Waals surface area contributed by atoms with Crippen molar-refractivity contribution in [1.29, 1.82) is 0 Å². The van der Waals surface area contributed by atoms with Crippen LogP contribution in [0.15, 0.2) is 54.6 Å². The molecule has 0 bridgehead atoms. The number of hydrogen-bond acceptors (Lipinski definition) is 2.